The first kappa shape index (κ1) is 11.7. The fraction of sp³-hybridized carbons (Fsp3) is 0.444. The van der Waals surface area contributed by atoms with E-state index in [1.807, 2.05) is 0 Å². The lowest BCUT2D eigenvalue weighted by Gasteiger charge is -2.09. The molecular weight excluding hydrogens is 218 g/mol. The van der Waals surface area contributed by atoms with Crippen molar-refractivity contribution in [2.24, 2.45) is 0 Å². The number of esters is 1. The SMILES string of the molecule is CC(C)OC(=O)Cc1c(N)ncnc1Cl. The summed E-state index contributed by atoms with van der Waals surface area (Å²) in [6, 6.07) is 0. The quantitative estimate of drug-likeness (QED) is 0.623. The number of carbonyl (C=O) groups excluding carboxylic acids is 1. The maximum atomic E-state index is 11.3. The zero-order valence-electron chi connectivity index (χ0n) is 8.53. The van der Waals surface area contributed by atoms with Crippen molar-refractivity contribution in [3.63, 3.8) is 0 Å². The van der Waals surface area contributed by atoms with Gasteiger partial charge in [0, 0.05) is 5.56 Å². The van der Waals surface area contributed by atoms with E-state index in [1.165, 1.54) is 6.33 Å². The van der Waals surface area contributed by atoms with E-state index in [0.717, 1.165) is 0 Å². The molecule has 0 atom stereocenters. The molecule has 2 N–H and O–H groups in total. The summed E-state index contributed by atoms with van der Waals surface area (Å²) in [6.45, 7) is 3.54. The van der Waals surface area contributed by atoms with Crippen molar-refractivity contribution in [3.05, 3.63) is 17.0 Å². The molecule has 1 aromatic rings. The third-order valence-corrected chi connectivity index (χ3v) is 1.94. The second kappa shape index (κ2) is 4.93. The smallest absolute Gasteiger partial charge is 0.310 e. The molecule has 0 aliphatic heterocycles. The van der Waals surface area contributed by atoms with Crippen LogP contribution in [0.1, 0.15) is 19.4 Å². The molecule has 0 aliphatic rings. The fourth-order valence-corrected chi connectivity index (χ4v) is 1.22. The summed E-state index contributed by atoms with van der Waals surface area (Å²) in [5, 5.41) is 0.184. The van der Waals surface area contributed by atoms with Crippen molar-refractivity contribution < 1.29 is 9.53 Å². The molecule has 1 aromatic heterocycles. The van der Waals surface area contributed by atoms with E-state index in [2.05, 4.69) is 9.97 Å². The lowest BCUT2D eigenvalue weighted by Crippen LogP contribution is -2.15. The molecule has 15 heavy (non-hydrogen) atoms. The number of hydrogen-bond acceptors (Lipinski definition) is 5. The molecule has 0 aromatic carbocycles. The van der Waals surface area contributed by atoms with Gasteiger partial charge in [-0.05, 0) is 13.8 Å². The van der Waals surface area contributed by atoms with Gasteiger partial charge in [0.25, 0.3) is 0 Å². The molecule has 0 radical (unpaired) electrons. The van der Waals surface area contributed by atoms with Gasteiger partial charge < -0.3 is 10.5 Å². The third-order valence-electron chi connectivity index (χ3n) is 1.61. The number of anilines is 1. The second-order valence-electron chi connectivity index (χ2n) is 3.24. The maximum Gasteiger partial charge on any atom is 0.310 e. The van der Waals surface area contributed by atoms with E-state index in [9.17, 15) is 4.79 Å². The summed E-state index contributed by atoms with van der Waals surface area (Å²) >= 11 is 5.77. The highest BCUT2D eigenvalue weighted by Gasteiger charge is 2.14. The first-order valence-corrected chi connectivity index (χ1v) is 4.82. The van der Waals surface area contributed by atoms with Crippen LogP contribution < -0.4 is 5.73 Å². The van der Waals surface area contributed by atoms with Crippen molar-refractivity contribution in [2.45, 2.75) is 26.4 Å². The summed E-state index contributed by atoms with van der Waals surface area (Å²) in [5.41, 5.74) is 5.96. The van der Waals surface area contributed by atoms with E-state index < -0.39 is 5.97 Å². The topological polar surface area (TPSA) is 78.1 Å². The van der Waals surface area contributed by atoms with Gasteiger partial charge in [0.1, 0.15) is 17.3 Å². The summed E-state index contributed by atoms with van der Waals surface area (Å²) in [7, 11) is 0. The Morgan fingerprint density at radius 3 is 2.80 bits per heavy atom. The van der Waals surface area contributed by atoms with E-state index in [0.29, 0.717) is 5.56 Å². The molecule has 0 unspecified atom stereocenters. The Morgan fingerprint density at radius 2 is 2.27 bits per heavy atom. The van der Waals surface area contributed by atoms with Crippen LogP contribution in [0, 0.1) is 0 Å². The van der Waals surface area contributed by atoms with Gasteiger partial charge >= 0.3 is 5.97 Å². The minimum Gasteiger partial charge on any atom is -0.463 e. The number of ether oxygens (including phenoxy) is 1. The third kappa shape index (κ3) is 3.36. The van der Waals surface area contributed by atoms with Gasteiger partial charge in [-0.2, -0.15) is 0 Å². The number of aromatic nitrogens is 2. The molecule has 82 valence electrons. The van der Waals surface area contributed by atoms with Gasteiger partial charge in [0.15, 0.2) is 0 Å². The number of nitrogens with two attached hydrogens (primary N) is 1. The highest BCUT2D eigenvalue weighted by atomic mass is 35.5. The van der Waals surface area contributed by atoms with Crippen molar-refractivity contribution >= 4 is 23.4 Å². The predicted molar refractivity (Wildman–Crippen MR) is 56.4 cm³/mol. The molecule has 0 saturated carbocycles. The summed E-state index contributed by atoms with van der Waals surface area (Å²) in [4.78, 5) is 18.8. The Kier molecular flexibility index (Phi) is 3.85. The molecule has 1 heterocycles. The molecule has 1 rings (SSSR count). The van der Waals surface area contributed by atoms with Crippen LogP contribution in [-0.4, -0.2) is 22.0 Å². The van der Waals surface area contributed by atoms with Crippen LogP contribution in [-0.2, 0) is 16.0 Å². The van der Waals surface area contributed by atoms with Gasteiger partial charge in [-0.3, -0.25) is 4.79 Å². The molecule has 5 nitrogen and oxygen atoms in total. The summed E-state index contributed by atoms with van der Waals surface area (Å²) < 4.78 is 4.96. The van der Waals surface area contributed by atoms with Crippen LogP contribution in [0.15, 0.2) is 6.33 Å². The van der Waals surface area contributed by atoms with E-state index in [1.54, 1.807) is 13.8 Å². The normalized spacial score (nSPS) is 10.4. The van der Waals surface area contributed by atoms with Crippen molar-refractivity contribution in [1.82, 2.24) is 9.97 Å². The molecule has 0 spiro atoms. The van der Waals surface area contributed by atoms with Gasteiger partial charge in [-0.15, -0.1) is 0 Å². The molecule has 0 amide bonds. The average molecular weight is 230 g/mol. The van der Waals surface area contributed by atoms with Crippen LogP contribution in [0.4, 0.5) is 5.82 Å². The van der Waals surface area contributed by atoms with E-state index in [-0.39, 0.29) is 23.5 Å². The molecule has 0 bridgehead atoms. The Labute approximate surface area is 92.6 Å². The van der Waals surface area contributed by atoms with E-state index in [4.69, 9.17) is 22.1 Å². The lowest BCUT2D eigenvalue weighted by atomic mass is 10.2. The summed E-state index contributed by atoms with van der Waals surface area (Å²) in [6.07, 6.45) is 1.07. The van der Waals surface area contributed by atoms with Crippen molar-refractivity contribution in [2.75, 3.05) is 5.73 Å². The Morgan fingerprint density at radius 1 is 1.60 bits per heavy atom. The van der Waals surface area contributed by atoms with Crippen LogP contribution in [0.2, 0.25) is 5.15 Å². The minimum atomic E-state index is -0.395. The summed E-state index contributed by atoms with van der Waals surface area (Å²) in [5.74, 6) is -0.191. The average Bonchev–Trinajstić information content (AvgIpc) is 2.10. The number of hydrogen-bond donors (Lipinski definition) is 1. The Balaban J connectivity index is 2.76. The monoisotopic (exact) mass is 229 g/mol. The number of nitrogens with zero attached hydrogens (tertiary/aromatic N) is 2. The van der Waals surface area contributed by atoms with Gasteiger partial charge in [-0.1, -0.05) is 11.6 Å². The van der Waals surface area contributed by atoms with Gasteiger partial charge in [0.2, 0.25) is 0 Å². The van der Waals surface area contributed by atoms with Crippen molar-refractivity contribution in [3.8, 4) is 0 Å². The predicted octanol–water partition coefficient (Wildman–Crippen LogP) is 1.21. The van der Waals surface area contributed by atoms with Crippen molar-refractivity contribution in [1.29, 1.82) is 0 Å². The Hall–Kier alpha value is -1.36. The van der Waals surface area contributed by atoms with E-state index >= 15 is 0 Å². The molecular formula is C9H12ClN3O2. The maximum absolute atomic E-state index is 11.3. The zero-order valence-corrected chi connectivity index (χ0v) is 9.28. The number of rotatable bonds is 3. The molecule has 0 saturated heterocycles. The minimum absolute atomic E-state index is 0.0102. The number of halogens is 1. The number of carbonyl (C=O) groups is 1. The molecule has 0 fully saturated rings. The van der Waals surface area contributed by atoms with Crippen LogP contribution in [0.5, 0.6) is 0 Å². The van der Waals surface area contributed by atoms with Gasteiger partial charge in [0.05, 0.1) is 12.5 Å². The molecule has 6 heteroatoms. The highest BCUT2D eigenvalue weighted by Crippen LogP contribution is 2.18. The van der Waals surface area contributed by atoms with Crippen LogP contribution >= 0.6 is 11.6 Å². The Bertz CT molecular complexity index is 348. The standard InChI is InChI=1S/C9H12ClN3O2/c1-5(2)15-7(14)3-6-8(10)12-4-13-9(6)11/h4-5H,3H2,1-2H3,(H2,11,12,13). The molecule has 0 aliphatic carbocycles. The fourth-order valence-electron chi connectivity index (χ4n) is 1.02. The first-order valence-electron chi connectivity index (χ1n) is 4.45. The first-order chi connectivity index (χ1) is 7.00. The lowest BCUT2D eigenvalue weighted by molar-refractivity contribution is -0.146. The largest absolute Gasteiger partial charge is 0.463 e. The van der Waals surface area contributed by atoms with Gasteiger partial charge in [-0.25, -0.2) is 9.97 Å². The van der Waals surface area contributed by atoms with Crippen LogP contribution in [0.3, 0.4) is 0 Å². The zero-order chi connectivity index (χ0) is 11.4. The van der Waals surface area contributed by atoms with Crippen LogP contribution in [0.25, 0.3) is 0 Å². The number of nitrogen functional groups attached to an aromatic ring is 1. The highest BCUT2D eigenvalue weighted by molar-refractivity contribution is 6.30. The second-order valence-corrected chi connectivity index (χ2v) is 3.60.